The van der Waals surface area contributed by atoms with E-state index in [0.29, 0.717) is 29.8 Å². The number of nitrogens with zero attached hydrogens (tertiary/aromatic N) is 5. The molecule has 1 saturated carbocycles. The number of hydrogen-bond donors (Lipinski definition) is 1. The van der Waals surface area contributed by atoms with Crippen molar-refractivity contribution in [1.82, 2.24) is 23.6 Å². The van der Waals surface area contributed by atoms with Crippen molar-refractivity contribution in [2.24, 2.45) is 5.92 Å². The van der Waals surface area contributed by atoms with Crippen LogP contribution >= 0.6 is 0 Å². The highest BCUT2D eigenvalue weighted by molar-refractivity contribution is 7.90. The number of benzene rings is 1. The van der Waals surface area contributed by atoms with Crippen LogP contribution in [-0.4, -0.2) is 50.2 Å². The minimum Gasteiger partial charge on any atom is -0.285 e. The molecule has 33 heavy (non-hydrogen) atoms. The fourth-order valence-corrected chi connectivity index (χ4v) is 7.03. The molecule has 0 saturated heterocycles. The summed E-state index contributed by atoms with van der Waals surface area (Å²) in [4.78, 5) is 4.48. The molecular weight excluding hydrogens is 466 g/mol. The average molecular weight is 490 g/mol. The lowest BCUT2D eigenvalue weighted by molar-refractivity contribution is 0.447. The van der Waals surface area contributed by atoms with Gasteiger partial charge in [-0.05, 0) is 43.9 Å². The van der Waals surface area contributed by atoms with Gasteiger partial charge in [0.1, 0.15) is 5.82 Å². The number of hydrogen-bond acceptors (Lipinski definition) is 7. The van der Waals surface area contributed by atoms with E-state index in [9.17, 15) is 21.4 Å². The standard InChI is InChI=1S/C21H23N5O5S2/c1-3-14-10-16(33(29,30)31)11-17(14)20-24-23-19-12-22-21-18(26(19)20)8-9-25(21)32(27,28)15-6-4-13(2)5-7-15/h4-9,12,14,16-17H,3,10-11H2,1-2H3,(H,29,30,31)/t14-,16?,17+/m1/s1. The Balaban J connectivity index is 1.66. The zero-order valence-electron chi connectivity index (χ0n) is 18.0. The second-order valence-corrected chi connectivity index (χ2v) is 12.0. The van der Waals surface area contributed by atoms with Crippen molar-refractivity contribution >= 4 is 37.0 Å². The lowest BCUT2D eigenvalue weighted by atomic mass is 9.93. The third-order valence-electron chi connectivity index (χ3n) is 6.57. The van der Waals surface area contributed by atoms with E-state index in [-0.39, 0.29) is 28.8 Å². The summed E-state index contributed by atoms with van der Waals surface area (Å²) in [5.74, 6) is 0.284. The predicted molar refractivity (Wildman–Crippen MR) is 121 cm³/mol. The summed E-state index contributed by atoms with van der Waals surface area (Å²) < 4.78 is 62.6. The Hall–Kier alpha value is -2.83. The van der Waals surface area contributed by atoms with Crippen molar-refractivity contribution in [2.45, 2.75) is 49.2 Å². The van der Waals surface area contributed by atoms with Crippen LogP contribution in [-0.2, 0) is 20.1 Å². The van der Waals surface area contributed by atoms with Gasteiger partial charge < -0.3 is 0 Å². The Morgan fingerprint density at radius 3 is 2.45 bits per heavy atom. The summed E-state index contributed by atoms with van der Waals surface area (Å²) in [6.45, 7) is 3.85. The van der Waals surface area contributed by atoms with Crippen LogP contribution in [0.5, 0.6) is 0 Å². The topological polar surface area (TPSA) is 137 Å². The highest BCUT2D eigenvalue weighted by atomic mass is 32.2. The summed E-state index contributed by atoms with van der Waals surface area (Å²) in [6, 6.07) is 8.22. The van der Waals surface area contributed by atoms with Gasteiger partial charge in [0.2, 0.25) is 0 Å². The van der Waals surface area contributed by atoms with Crippen molar-refractivity contribution in [1.29, 1.82) is 0 Å². The van der Waals surface area contributed by atoms with Gasteiger partial charge in [0.05, 0.1) is 21.9 Å². The van der Waals surface area contributed by atoms with Gasteiger partial charge in [-0.3, -0.25) is 8.95 Å². The van der Waals surface area contributed by atoms with Crippen molar-refractivity contribution in [3.63, 3.8) is 0 Å². The predicted octanol–water partition coefficient (Wildman–Crippen LogP) is 2.78. The Bertz CT molecular complexity index is 1570. The molecule has 12 heteroatoms. The monoisotopic (exact) mass is 489 g/mol. The van der Waals surface area contributed by atoms with Gasteiger partial charge in [0.25, 0.3) is 20.1 Å². The number of fused-ring (bicyclic) bond motifs is 3. The van der Waals surface area contributed by atoms with E-state index in [2.05, 4.69) is 15.2 Å². The number of rotatable bonds is 5. The molecule has 0 amide bonds. The summed E-state index contributed by atoms with van der Waals surface area (Å²) in [6.07, 6.45) is 4.18. The molecule has 3 aromatic heterocycles. The van der Waals surface area contributed by atoms with E-state index in [4.69, 9.17) is 0 Å². The van der Waals surface area contributed by atoms with E-state index < -0.39 is 25.4 Å². The fourth-order valence-electron chi connectivity index (χ4n) is 4.79. The van der Waals surface area contributed by atoms with Crippen LogP contribution in [0.25, 0.3) is 16.8 Å². The fraction of sp³-hybridized carbons (Fsp3) is 0.381. The lowest BCUT2D eigenvalue weighted by Gasteiger charge is -2.16. The zero-order chi connectivity index (χ0) is 23.5. The highest BCUT2D eigenvalue weighted by Gasteiger charge is 2.42. The minimum atomic E-state index is -4.17. The van der Waals surface area contributed by atoms with Crippen LogP contribution in [0.15, 0.2) is 47.6 Å². The van der Waals surface area contributed by atoms with Crippen LogP contribution in [0.3, 0.4) is 0 Å². The summed E-state index contributed by atoms with van der Waals surface area (Å²) >= 11 is 0. The minimum absolute atomic E-state index is 0.00841. The Labute approximate surface area is 191 Å². The number of aryl methyl sites for hydroxylation is 1. The second kappa shape index (κ2) is 7.61. The van der Waals surface area contributed by atoms with Crippen molar-refractivity contribution in [2.75, 3.05) is 0 Å². The zero-order valence-corrected chi connectivity index (χ0v) is 19.7. The molecule has 0 radical (unpaired) electrons. The smallest absolute Gasteiger partial charge is 0.269 e. The third-order valence-corrected chi connectivity index (χ3v) is 9.48. The van der Waals surface area contributed by atoms with Crippen molar-refractivity contribution in [3.05, 3.63) is 54.1 Å². The van der Waals surface area contributed by atoms with E-state index in [0.717, 1.165) is 9.54 Å². The summed E-state index contributed by atoms with van der Waals surface area (Å²) in [5, 5.41) is 7.65. The molecule has 1 unspecified atom stereocenters. The van der Waals surface area contributed by atoms with Gasteiger partial charge in [-0.15, -0.1) is 10.2 Å². The van der Waals surface area contributed by atoms with Crippen LogP contribution < -0.4 is 0 Å². The molecule has 1 aliphatic rings. The molecule has 0 spiro atoms. The molecule has 4 aromatic rings. The molecule has 10 nitrogen and oxygen atoms in total. The van der Waals surface area contributed by atoms with Gasteiger partial charge in [-0.25, -0.2) is 17.4 Å². The van der Waals surface area contributed by atoms with Gasteiger partial charge in [0.15, 0.2) is 11.3 Å². The normalized spacial score (nSPS) is 21.8. The Morgan fingerprint density at radius 2 is 1.79 bits per heavy atom. The maximum atomic E-state index is 13.3. The number of aromatic nitrogens is 5. The van der Waals surface area contributed by atoms with E-state index in [1.165, 1.54) is 12.4 Å². The van der Waals surface area contributed by atoms with Gasteiger partial charge >= 0.3 is 0 Å². The van der Waals surface area contributed by atoms with Crippen LogP contribution in [0, 0.1) is 12.8 Å². The van der Waals surface area contributed by atoms with E-state index in [1.807, 2.05) is 13.8 Å². The molecular formula is C21H23N5O5S2. The van der Waals surface area contributed by atoms with Crippen molar-refractivity contribution in [3.8, 4) is 0 Å². The maximum Gasteiger partial charge on any atom is 0.269 e. The molecule has 0 bridgehead atoms. The first-order valence-corrected chi connectivity index (χ1v) is 13.5. The van der Waals surface area contributed by atoms with Gasteiger partial charge in [0, 0.05) is 12.1 Å². The Morgan fingerprint density at radius 1 is 1.06 bits per heavy atom. The van der Waals surface area contributed by atoms with Crippen LogP contribution in [0.2, 0.25) is 0 Å². The molecule has 0 aliphatic heterocycles. The van der Waals surface area contributed by atoms with Crippen molar-refractivity contribution < 1.29 is 21.4 Å². The molecule has 3 atom stereocenters. The van der Waals surface area contributed by atoms with Gasteiger partial charge in [-0.2, -0.15) is 8.42 Å². The van der Waals surface area contributed by atoms with E-state index >= 15 is 0 Å². The summed E-state index contributed by atoms with van der Waals surface area (Å²) in [5.41, 5.74) is 2.12. The van der Waals surface area contributed by atoms with Gasteiger partial charge in [-0.1, -0.05) is 31.0 Å². The quantitative estimate of drug-likeness (QED) is 0.423. The highest BCUT2D eigenvalue weighted by Crippen LogP contribution is 2.43. The largest absolute Gasteiger partial charge is 0.285 e. The molecule has 1 aliphatic carbocycles. The third kappa shape index (κ3) is 3.52. The van der Waals surface area contributed by atoms with Crippen LogP contribution in [0.4, 0.5) is 0 Å². The molecule has 1 N–H and O–H groups in total. The molecule has 174 valence electrons. The van der Waals surface area contributed by atoms with E-state index in [1.54, 1.807) is 34.7 Å². The van der Waals surface area contributed by atoms with Crippen LogP contribution in [0.1, 0.15) is 43.5 Å². The SMILES string of the molecule is CC[C@@H]1CC(S(=O)(=O)O)C[C@@H]1c1nnc2cnc3c(ccn3S(=O)(=O)c3ccc(C)cc3)n12. The average Bonchev–Trinajstić information content (AvgIpc) is 3.48. The molecule has 3 heterocycles. The first-order chi connectivity index (χ1) is 15.6. The summed E-state index contributed by atoms with van der Waals surface area (Å²) in [7, 11) is -8.05. The molecule has 5 rings (SSSR count). The Kier molecular flexibility index (Phi) is 5.07. The molecule has 1 fully saturated rings. The first kappa shape index (κ1) is 22.0. The molecule has 1 aromatic carbocycles. The second-order valence-electron chi connectivity index (χ2n) is 8.53. The first-order valence-electron chi connectivity index (χ1n) is 10.6. The lowest BCUT2D eigenvalue weighted by Crippen LogP contribution is -2.17. The maximum absolute atomic E-state index is 13.3.